The zero-order valence-electron chi connectivity index (χ0n) is 16.5. The van der Waals surface area contributed by atoms with Crippen molar-refractivity contribution in [3.63, 3.8) is 0 Å². The summed E-state index contributed by atoms with van der Waals surface area (Å²) >= 11 is 7.32. The summed E-state index contributed by atoms with van der Waals surface area (Å²) in [7, 11) is 0. The molecule has 2 heterocycles. The number of nitrogens with zero attached hydrogens (tertiary/aromatic N) is 4. The highest BCUT2D eigenvalue weighted by atomic mass is 35.5. The first-order valence-corrected chi connectivity index (χ1v) is 11.2. The number of carbonyl (C=O) groups is 2. The molecule has 0 bridgehead atoms. The molecule has 31 heavy (non-hydrogen) atoms. The number of amides is 1. The number of rotatable bonds is 8. The van der Waals surface area contributed by atoms with Gasteiger partial charge in [0.05, 0.1) is 24.1 Å². The fraction of sp³-hybridized carbons (Fsp3) is 0.286. The second kappa shape index (κ2) is 10.0. The molecular weight excluding hydrogens is 438 g/mol. The zero-order chi connectivity index (χ0) is 21.6. The van der Waals surface area contributed by atoms with Crippen molar-refractivity contribution in [2.75, 3.05) is 17.7 Å². The minimum Gasteiger partial charge on any atom is -0.376 e. The fourth-order valence-electron chi connectivity index (χ4n) is 3.27. The maximum atomic E-state index is 12.9. The number of tetrazole rings is 1. The van der Waals surface area contributed by atoms with Crippen molar-refractivity contribution in [2.24, 2.45) is 0 Å². The van der Waals surface area contributed by atoms with Gasteiger partial charge < -0.3 is 10.1 Å². The summed E-state index contributed by atoms with van der Waals surface area (Å²) < 4.78 is 7.27. The number of hydrogen-bond acceptors (Lipinski definition) is 7. The van der Waals surface area contributed by atoms with Crippen LogP contribution in [0.2, 0.25) is 5.02 Å². The Bertz CT molecular complexity index is 1070. The minimum atomic E-state index is -0.277. The monoisotopic (exact) mass is 457 g/mol. The Balaban J connectivity index is 1.41. The van der Waals surface area contributed by atoms with E-state index in [2.05, 4.69) is 20.8 Å². The summed E-state index contributed by atoms with van der Waals surface area (Å²) in [5.74, 6) is -0.402. The van der Waals surface area contributed by atoms with E-state index < -0.39 is 0 Å². The third kappa shape index (κ3) is 5.49. The molecule has 0 radical (unpaired) electrons. The molecule has 1 unspecified atom stereocenters. The van der Waals surface area contributed by atoms with Gasteiger partial charge in [-0.1, -0.05) is 53.7 Å². The SMILES string of the molecule is O=C(CSc1nnnn1CC1CCCO1)Nc1ccc(Cl)cc1C(=O)c1ccccc1. The van der Waals surface area contributed by atoms with E-state index in [4.69, 9.17) is 16.3 Å². The molecule has 8 nitrogen and oxygen atoms in total. The van der Waals surface area contributed by atoms with Gasteiger partial charge in [0, 0.05) is 22.8 Å². The summed E-state index contributed by atoms with van der Waals surface area (Å²) in [6.45, 7) is 1.31. The number of hydrogen-bond donors (Lipinski definition) is 1. The lowest BCUT2D eigenvalue weighted by Crippen LogP contribution is -2.19. The fourth-order valence-corrected chi connectivity index (χ4v) is 4.13. The van der Waals surface area contributed by atoms with Crippen LogP contribution in [0.25, 0.3) is 0 Å². The van der Waals surface area contributed by atoms with E-state index in [1.54, 1.807) is 47.1 Å². The van der Waals surface area contributed by atoms with E-state index in [0.29, 0.717) is 33.5 Å². The summed E-state index contributed by atoms with van der Waals surface area (Å²) in [5.41, 5.74) is 1.26. The molecule has 1 aromatic heterocycles. The van der Waals surface area contributed by atoms with Crippen molar-refractivity contribution in [1.82, 2.24) is 20.2 Å². The van der Waals surface area contributed by atoms with Gasteiger partial charge in [0.25, 0.3) is 0 Å². The van der Waals surface area contributed by atoms with Crippen LogP contribution in [0.5, 0.6) is 0 Å². The number of nitrogens with one attached hydrogen (secondary N) is 1. The van der Waals surface area contributed by atoms with Gasteiger partial charge in [-0.15, -0.1) is 5.10 Å². The summed E-state index contributed by atoms with van der Waals surface area (Å²) in [6.07, 6.45) is 2.10. The van der Waals surface area contributed by atoms with E-state index in [1.807, 2.05) is 6.07 Å². The van der Waals surface area contributed by atoms with Crippen molar-refractivity contribution in [1.29, 1.82) is 0 Å². The predicted octanol–water partition coefficient (Wildman–Crippen LogP) is 3.47. The number of thioether (sulfide) groups is 1. The molecule has 1 saturated heterocycles. The number of ether oxygens (including phenoxy) is 1. The number of ketones is 1. The Morgan fingerprint density at radius 3 is 2.84 bits per heavy atom. The van der Waals surface area contributed by atoms with E-state index in [0.717, 1.165) is 19.4 Å². The highest BCUT2D eigenvalue weighted by molar-refractivity contribution is 7.99. The molecule has 160 valence electrons. The molecule has 1 aliphatic rings. The first-order valence-electron chi connectivity index (χ1n) is 9.80. The zero-order valence-corrected chi connectivity index (χ0v) is 18.1. The molecule has 1 amide bonds. The molecule has 4 rings (SSSR count). The summed E-state index contributed by atoms with van der Waals surface area (Å²) in [6, 6.07) is 13.7. The maximum absolute atomic E-state index is 12.9. The van der Waals surface area contributed by atoms with Crippen LogP contribution in [0, 0.1) is 0 Å². The molecule has 1 atom stereocenters. The van der Waals surface area contributed by atoms with Gasteiger partial charge in [-0.2, -0.15) is 0 Å². The molecule has 2 aromatic carbocycles. The van der Waals surface area contributed by atoms with Gasteiger partial charge in [-0.3, -0.25) is 9.59 Å². The molecule has 0 spiro atoms. The highest BCUT2D eigenvalue weighted by Crippen LogP contribution is 2.25. The Labute approximate surface area is 188 Å². The van der Waals surface area contributed by atoms with Crippen molar-refractivity contribution in [2.45, 2.75) is 30.6 Å². The summed E-state index contributed by atoms with van der Waals surface area (Å²) in [5, 5.41) is 15.4. The Hall–Kier alpha value is -2.75. The van der Waals surface area contributed by atoms with Crippen LogP contribution in [0.3, 0.4) is 0 Å². The van der Waals surface area contributed by atoms with Crippen molar-refractivity contribution in [3.8, 4) is 0 Å². The molecule has 3 aromatic rings. The summed E-state index contributed by atoms with van der Waals surface area (Å²) in [4.78, 5) is 25.5. The van der Waals surface area contributed by atoms with Gasteiger partial charge in [0.2, 0.25) is 11.1 Å². The van der Waals surface area contributed by atoms with Gasteiger partial charge in [0.15, 0.2) is 5.78 Å². The van der Waals surface area contributed by atoms with Crippen LogP contribution >= 0.6 is 23.4 Å². The number of aromatic nitrogens is 4. The van der Waals surface area contributed by atoms with Gasteiger partial charge in [-0.25, -0.2) is 4.68 Å². The second-order valence-corrected chi connectivity index (χ2v) is 8.38. The standard InChI is InChI=1S/C21H20ClN5O3S/c22-15-8-9-18(17(11-15)20(29)14-5-2-1-3-6-14)23-19(28)13-31-21-24-25-26-27(21)12-16-7-4-10-30-16/h1-3,5-6,8-9,11,16H,4,7,10,12-13H2,(H,23,28). The molecule has 1 aliphatic heterocycles. The first-order chi connectivity index (χ1) is 15.1. The van der Waals surface area contributed by atoms with Crippen LogP contribution in [-0.4, -0.2) is 50.4 Å². The molecule has 0 saturated carbocycles. The largest absolute Gasteiger partial charge is 0.376 e. The first kappa shape index (κ1) is 21.5. The average Bonchev–Trinajstić information content (AvgIpc) is 3.46. The van der Waals surface area contributed by atoms with E-state index in [9.17, 15) is 9.59 Å². The van der Waals surface area contributed by atoms with Crippen molar-refractivity contribution in [3.05, 3.63) is 64.7 Å². The number of halogens is 1. The van der Waals surface area contributed by atoms with E-state index >= 15 is 0 Å². The van der Waals surface area contributed by atoms with Gasteiger partial charge in [-0.05, 0) is 41.5 Å². The Morgan fingerprint density at radius 1 is 1.23 bits per heavy atom. The number of benzene rings is 2. The molecule has 1 fully saturated rings. The van der Waals surface area contributed by atoms with Gasteiger partial charge in [0.1, 0.15) is 0 Å². The van der Waals surface area contributed by atoms with Crippen LogP contribution in [0.15, 0.2) is 53.7 Å². The number of anilines is 1. The van der Waals surface area contributed by atoms with Crippen molar-refractivity contribution < 1.29 is 14.3 Å². The minimum absolute atomic E-state index is 0.0908. The number of carbonyl (C=O) groups excluding carboxylic acids is 2. The third-order valence-electron chi connectivity index (χ3n) is 4.77. The predicted molar refractivity (Wildman–Crippen MR) is 117 cm³/mol. The van der Waals surface area contributed by atoms with Crippen LogP contribution in [0.4, 0.5) is 5.69 Å². The molecule has 10 heteroatoms. The second-order valence-electron chi connectivity index (χ2n) is 7.00. The lowest BCUT2D eigenvalue weighted by atomic mass is 10.0. The average molecular weight is 458 g/mol. The Kier molecular flexibility index (Phi) is 6.96. The topological polar surface area (TPSA) is 99.0 Å². The maximum Gasteiger partial charge on any atom is 0.234 e. The molecule has 0 aliphatic carbocycles. The quantitative estimate of drug-likeness (QED) is 0.408. The highest BCUT2D eigenvalue weighted by Gasteiger charge is 2.20. The lowest BCUT2D eigenvalue weighted by molar-refractivity contribution is -0.113. The van der Waals surface area contributed by atoms with E-state index in [-0.39, 0.29) is 23.5 Å². The normalized spacial score (nSPS) is 15.7. The van der Waals surface area contributed by atoms with Crippen LogP contribution < -0.4 is 5.32 Å². The molecular formula is C21H20ClN5O3S. The van der Waals surface area contributed by atoms with Crippen LogP contribution in [0.1, 0.15) is 28.8 Å². The van der Waals surface area contributed by atoms with Crippen molar-refractivity contribution >= 4 is 40.7 Å². The molecule has 1 N–H and O–H groups in total. The van der Waals surface area contributed by atoms with Gasteiger partial charge >= 0.3 is 0 Å². The third-order valence-corrected chi connectivity index (χ3v) is 5.96. The smallest absolute Gasteiger partial charge is 0.234 e. The Morgan fingerprint density at radius 2 is 2.06 bits per heavy atom. The van der Waals surface area contributed by atoms with E-state index in [1.165, 1.54) is 11.8 Å². The van der Waals surface area contributed by atoms with Crippen LogP contribution in [-0.2, 0) is 16.1 Å². The lowest BCUT2D eigenvalue weighted by Gasteiger charge is -2.12.